The second-order valence-electron chi connectivity index (χ2n) is 4.57. The standard InChI is InChI=1S/C10H15N5O3/c16-8(11-6-7-12-14-15-13-7)5-10(9(17)18)3-1-2-4-10/h1-6H2,(H,11,16)(H,17,18)(H,12,13,14,15). The lowest BCUT2D eigenvalue weighted by Gasteiger charge is -2.22. The van der Waals surface area contributed by atoms with E-state index < -0.39 is 11.4 Å². The number of carbonyl (C=O) groups excluding carboxylic acids is 1. The first-order valence-corrected chi connectivity index (χ1v) is 5.85. The summed E-state index contributed by atoms with van der Waals surface area (Å²) >= 11 is 0. The zero-order chi connectivity index (χ0) is 13.0. The van der Waals surface area contributed by atoms with Gasteiger partial charge in [-0.3, -0.25) is 9.59 Å². The molecule has 1 aromatic rings. The van der Waals surface area contributed by atoms with Crippen molar-refractivity contribution >= 4 is 11.9 Å². The Morgan fingerprint density at radius 2 is 2.11 bits per heavy atom. The first kappa shape index (κ1) is 12.5. The molecule has 1 fully saturated rings. The Kier molecular flexibility index (Phi) is 3.54. The minimum absolute atomic E-state index is 0.0141. The van der Waals surface area contributed by atoms with Crippen LogP contribution in [0.2, 0.25) is 0 Å². The average Bonchev–Trinajstić information content (AvgIpc) is 2.97. The van der Waals surface area contributed by atoms with Gasteiger partial charge in [-0.2, -0.15) is 5.21 Å². The molecule has 1 saturated carbocycles. The van der Waals surface area contributed by atoms with Crippen LogP contribution in [0.15, 0.2) is 0 Å². The molecule has 1 aromatic heterocycles. The molecule has 1 aliphatic carbocycles. The van der Waals surface area contributed by atoms with Crippen LogP contribution in [0.1, 0.15) is 37.9 Å². The minimum atomic E-state index is -0.888. The Morgan fingerprint density at radius 3 is 2.67 bits per heavy atom. The molecule has 0 atom stereocenters. The summed E-state index contributed by atoms with van der Waals surface area (Å²) in [7, 11) is 0. The average molecular weight is 253 g/mol. The molecule has 98 valence electrons. The van der Waals surface area contributed by atoms with Crippen LogP contribution in [0.3, 0.4) is 0 Å². The van der Waals surface area contributed by atoms with E-state index >= 15 is 0 Å². The first-order chi connectivity index (χ1) is 8.62. The van der Waals surface area contributed by atoms with Crippen molar-refractivity contribution < 1.29 is 14.7 Å². The van der Waals surface area contributed by atoms with Crippen molar-refractivity contribution in [2.45, 2.75) is 38.6 Å². The SMILES string of the molecule is O=C(CC1(C(=O)O)CCCC1)NCc1nn[nH]n1. The monoisotopic (exact) mass is 253 g/mol. The van der Waals surface area contributed by atoms with Gasteiger partial charge < -0.3 is 10.4 Å². The van der Waals surface area contributed by atoms with E-state index in [0.717, 1.165) is 12.8 Å². The fourth-order valence-electron chi connectivity index (χ4n) is 2.32. The van der Waals surface area contributed by atoms with Gasteiger partial charge in [0.15, 0.2) is 5.82 Å². The van der Waals surface area contributed by atoms with Crippen LogP contribution in [0.5, 0.6) is 0 Å². The first-order valence-electron chi connectivity index (χ1n) is 5.85. The van der Waals surface area contributed by atoms with Crippen molar-refractivity contribution in [2.75, 3.05) is 0 Å². The third kappa shape index (κ3) is 2.63. The Morgan fingerprint density at radius 1 is 1.39 bits per heavy atom. The van der Waals surface area contributed by atoms with Crippen LogP contribution < -0.4 is 5.32 Å². The van der Waals surface area contributed by atoms with Crippen molar-refractivity contribution in [3.8, 4) is 0 Å². The highest BCUT2D eigenvalue weighted by atomic mass is 16.4. The van der Waals surface area contributed by atoms with Crippen molar-refractivity contribution in [2.24, 2.45) is 5.41 Å². The molecule has 0 aromatic carbocycles. The van der Waals surface area contributed by atoms with Gasteiger partial charge in [0, 0.05) is 6.42 Å². The highest BCUT2D eigenvalue weighted by molar-refractivity contribution is 5.85. The van der Waals surface area contributed by atoms with E-state index in [1.54, 1.807) is 0 Å². The number of aromatic amines is 1. The van der Waals surface area contributed by atoms with Gasteiger partial charge in [0.2, 0.25) is 5.91 Å². The van der Waals surface area contributed by atoms with Crippen LogP contribution in [-0.2, 0) is 16.1 Å². The van der Waals surface area contributed by atoms with Gasteiger partial charge in [0.05, 0.1) is 12.0 Å². The molecule has 1 heterocycles. The minimum Gasteiger partial charge on any atom is -0.481 e. The third-order valence-electron chi connectivity index (χ3n) is 3.35. The van der Waals surface area contributed by atoms with Crippen LogP contribution in [-0.4, -0.2) is 37.6 Å². The zero-order valence-corrected chi connectivity index (χ0v) is 9.85. The Bertz CT molecular complexity index is 425. The summed E-state index contributed by atoms with van der Waals surface area (Å²) in [5.74, 6) is -0.794. The number of carboxylic acid groups (broad SMARTS) is 1. The van der Waals surface area contributed by atoms with E-state index in [1.165, 1.54) is 0 Å². The molecule has 0 saturated heterocycles. The number of tetrazole rings is 1. The molecular weight excluding hydrogens is 238 g/mol. The maximum atomic E-state index is 11.7. The summed E-state index contributed by atoms with van der Waals surface area (Å²) in [6, 6.07) is 0. The maximum Gasteiger partial charge on any atom is 0.310 e. The second kappa shape index (κ2) is 5.11. The number of nitrogens with one attached hydrogen (secondary N) is 2. The smallest absolute Gasteiger partial charge is 0.310 e. The number of rotatable bonds is 5. The van der Waals surface area contributed by atoms with Crippen molar-refractivity contribution in [3.05, 3.63) is 5.82 Å². The normalized spacial score (nSPS) is 17.6. The van der Waals surface area contributed by atoms with Crippen molar-refractivity contribution in [3.63, 3.8) is 0 Å². The number of aliphatic carboxylic acids is 1. The summed E-state index contributed by atoms with van der Waals surface area (Å²) in [4.78, 5) is 23.0. The summed E-state index contributed by atoms with van der Waals surface area (Å²) in [5, 5.41) is 24.9. The summed E-state index contributed by atoms with van der Waals surface area (Å²) in [6.45, 7) is 0.158. The van der Waals surface area contributed by atoms with Crippen molar-refractivity contribution in [1.29, 1.82) is 0 Å². The fraction of sp³-hybridized carbons (Fsp3) is 0.700. The molecule has 2 rings (SSSR count). The molecule has 1 amide bonds. The van der Waals surface area contributed by atoms with E-state index in [-0.39, 0.29) is 18.9 Å². The zero-order valence-electron chi connectivity index (χ0n) is 9.85. The molecule has 0 bridgehead atoms. The predicted molar refractivity (Wildman–Crippen MR) is 59.2 cm³/mol. The molecule has 0 aliphatic heterocycles. The Labute approximate surface area is 103 Å². The van der Waals surface area contributed by atoms with Crippen molar-refractivity contribution in [1.82, 2.24) is 25.9 Å². The largest absolute Gasteiger partial charge is 0.481 e. The van der Waals surface area contributed by atoms with Crippen LogP contribution >= 0.6 is 0 Å². The molecule has 0 unspecified atom stereocenters. The van der Waals surface area contributed by atoms with Crippen LogP contribution in [0, 0.1) is 5.41 Å². The van der Waals surface area contributed by atoms with Gasteiger partial charge in [0.1, 0.15) is 0 Å². The highest BCUT2D eigenvalue weighted by Crippen LogP contribution is 2.41. The van der Waals surface area contributed by atoms with E-state index in [4.69, 9.17) is 0 Å². The number of hydrogen-bond acceptors (Lipinski definition) is 5. The number of hydrogen-bond donors (Lipinski definition) is 3. The lowest BCUT2D eigenvalue weighted by molar-refractivity contribution is -0.151. The van der Waals surface area contributed by atoms with E-state index in [9.17, 15) is 14.7 Å². The van der Waals surface area contributed by atoms with E-state index in [1.807, 2.05) is 0 Å². The summed E-state index contributed by atoms with van der Waals surface area (Å²) in [5.41, 5.74) is -0.888. The molecule has 8 heteroatoms. The summed E-state index contributed by atoms with van der Waals surface area (Å²) in [6.07, 6.45) is 2.88. The number of nitrogens with zero attached hydrogens (tertiary/aromatic N) is 3. The van der Waals surface area contributed by atoms with Gasteiger partial charge in [-0.1, -0.05) is 18.1 Å². The van der Waals surface area contributed by atoms with Gasteiger partial charge in [-0.15, -0.1) is 10.2 Å². The topological polar surface area (TPSA) is 121 Å². The lowest BCUT2D eigenvalue weighted by Crippen LogP contribution is -2.35. The predicted octanol–water partition coefficient (Wildman–Crippen LogP) is -0.149. The number of aromatic nitrogens is 4. The van der Waals surface area contributed by atoms with Gasteiger partial charge in [-0.25, -0.2) is 0 Å². The number of carboxylic acids is 1. The van der Waals surface area contributed by atoms with Gasteiger partial charge in [0.25, 0.3) is 0 Å². The Hall–Kier alpha value is -1.99. The Balaban J connectivity index is 1.88. The molecule has 0 spiro atoms. The maximum absolute atomic E-state index is 11.7. The van der Waals surface area contributed by atoms with Crippen LogP contribution in [0.4, 0.5) is 0 Å². The van der Waals surface area contributed by atoms with Gasteiger partial charge >= 0.3 is 5.97 Å². The van der Waals surface area contributed by atoms with Crippen LogP contribution in [0.25, 0.3) is 0 Å². The molecular formula is C10H15N5O3. The van der Waals surface area contributed by atoms with E-state index in [0.29, 0.717) is 18.7 Å². The lowest BCUT2D eigenvalue weighted by atomic mass is 9.82. The molecule has 3 N–H and O–H groups in total. The number of amides is 1. The summed E-state index contributed by atoms with van der Waals surface area (Å²) < 4.78 is 0. The number of H-pyrrole nitrogens is 1. The van der Waals surface area contributed by atoms with Gasteiger partial charge in [-0.05, 0) is 12.8 Å². The second-order valence-corrected chi connectivity index (χ2v) is 4.57. The molecule has 8 nitrogen and oxygen atoms in total. The fourth-order valence-corrected chi connectivity index (χ4v) is 2.32. The molecule has 1 aliphatic rings. The quantitative estimate of drug-likeness (QED) is 0.671. The molecule has 0 radical (unpaired) electrons. The highest BCUT2D eigenvalue weighted by Gasteiger charge is 2.42. The van der Waals surface area contributed by atoms with E-state index in [2.05, 4.69) is 25.9 Å². The number of carbonyl (C=O) groups is 2. The third-order valence-corrected chi connectivity index (χ3v) is 3.35. The molecule has 18 heavy (non-hydrogen) atoms.